The van der Waals surface area contributed by atoms with Crippen molar-refractivity contribution in [2.24, 2.45) is 0 Å². The van der Waals surface area contributed by atoms with Gasteiger partial charge in [0.1, 0.15) is 0 Å². The van der Waals surface area contributed by atoms with Crippen LogP contribution in [0.3, 0.4) is 0 Å². The summed E-state index contributed by atoms with van der Waals surface area (Å²) in [6.07, 6.45) is 5.25. The van der Waals surface area contributed by atoms with Crippen molar-refractivity contribution in [3.63, 3.8) is 0 Å². The molecule has 13 heavy (non-hydrogen) atoms. The van der Waals surface area contributed by atoms with Crippen molar-refractivity contribution in [2.45, 2.75) is 28.9 Å². The van der Waals surface area contributed by atoms with Crippen molar-refractivity contribution in [1.82, 2.24) is 4.98 Å². The SMILES string of the molecule is BrC1CCc2cccnc2CC1Br. The zero-order chi connectivity index (χ0) is 9.26. The molecule has 1 heterocycles. The van der Waals surface area contributed by atoms with E-state index in [1.807, 2.05) is 12.3 Å². The number of alkyl halides is 2. The van der Waals surface area contributed by atoms with Gasteiger partial charge in [-0.2, -0.15) is 0 Å². The molecule has 0 N–H and O–H groups in total. The van der Waals surface area contributed by atoms with Gasteiger partial charge in [0.25, 0.3) is 0 Å². The van der Waals surface area contributed by atoms with Crippen molar-refractivity contribution in [3.8, 4) is 0 Å². The van der Waals surface area contributed by atoms with E-state index >= 15 is 0 Å². The molecule has 0 saturated carbocycles. The number of aromatic nitrogens is 1. The largest absolute Gasteiger partial charge is 0.261 e. The van der Waals surface area contributed by atoms with Gasteiger partial charge in [0, 0.05) is 28.0 Å². The summed E-state index contributed by atoms with van der Waals surface area (Å²) in [5.74, 6) is 0. The zero-order valence-electron chi connectivity index (χ0n) is 7.21. The molecule has 0 amide bonds. The standard InChI is InChI=1S/C10H11Br2N/c11-8-4-3-7-2-1-5-13-10(7)6-9(8)12/h1-2,5,8-9H,3-4,6H2. The summed E-state index contributed by atoms with van der Waals surface area (Å²) in [5.41, 5.74) is 2.67. The molecule has 3 heteroatoms. The van der Waals surface area contributed by atoms with Crippen LogP contribution in [0.1, 0.15) is 17.7 Å². The number of fused-ring (bicyclic) bond motifs is 1. The minimum atomic E-state index is 0.517. The number of hydrogen-bond donors (Lipinski definition) is 0. The molecule has 70 valence electrons. The molecule has 2 atom stereocenters. The Bertz CT molecular complexity index is 301. The van der Waals surface area contributed by atoms with Gasteiger partial charge in [-0.05, 0) is 24.5 Å². The molecular weight excluding hydrogens is 294 g/mol. The summed E-state index contributed by atoms with van der Waals surface area (Å²) in [5, 5.41) is 0. The number of hydrogen-bond acceptors (Lipinski definition) is 1. The Hall–Kier alpha value is 0.110. The fraction of sp³-hybridized carbons (Fsp3) is 0.500. The number of nitrogens with zero attached hydrogens (tertiary/aromatic N) is 1. The van der Waals surface area contributed by atoms with E-state index < -0.39 is 0 Å². The third-order valence-corrected chi connectivity index (χ3v) is 5.22. The molecule has 1 aromatic rings. The van der Waals surface area contributed by atoms with Gasteiger partial charge in [0.2, 0.25) is 0 Å². The molecule has 1 aromatic heterocycles. The number of rotatable bonds is 0. The maximum absolute atomic E-state index is 4.41. The molecule has 0 fully saturated rings. The second kappa shape index (κ2) is 4.09. The summed E-state index contributed by atoms with van der Waals surface area (Å²) in [6.45, 7) is 0. The van der Waals surface area contributed by atoms with E-state index in [4.69, 9.17) is 0 Å². The Kier molecular flexibility index (Phi) is 3.04. The number of aryl methyl sites for hydroxylation is 1. The van der Waals surface area contributed by atoms with Crippen LogP contribution in [0.2, 0.25) is 0 Å². The van der Waals surface area contributed by atoms with E-state index in [1.165, 1.54) is 17.7 Å². The molecule has 0 aromatic carbocycles. The van der Waals surface area contributed by atoms with Gasteiger partial charge >= 0.3 is 0 Å². The van der Waals surface area contributed by atoms with Crippen LogP contribution in [-0.2, 0) is 12.8 Å². The van der Waals surface area contributed by atoms with E-state index in [-0.39, 0.29) is 0 Å². The molecule has 0 radical (unpaired) electrons. The lowest BCUT2D eigenvalue weighted by atomic mass is 10.1. The van der Waals surface area contributed by atoms with Crippen molar-refractivity contribution < 1.29 is 0 Å². The lowest BCUT2D eigenvalue weighted by molar-refractivity contribution is 0.762. The molecule has 0 spiro atoms. The van der Waals surface area contributed by atoms with Gasteiger partial charge < -0.3 is 0 Å². The number of halogens is 2. The summed E-state index contributed by atoms with van der Waals surface area (Å²) in [6, 6.07) is 4.21. The Labute approximate surface area is 95.2 Å². The van der Waals surface area contributed by atoms with Gasteiger partial charge in [0.05, 0.1) is 0 Å². The minimum Gasteiger partial charge on any atom is -0.261 e. The molecular formula is C10H11Br2N. The van der Waals surface area contributed by atoms with E-state index in [1.54, 1.807) is 0 Å². The Morgan fingerprint density at radius 3 is 3.00 bits per heavy atom. The fourth-order valence-electron chi connectivity index (χ4n) is 1.67. The summed E-state index contributed by atoms with van der Waals surface area (Å²) < 4.78 is 0. The van der Waals surface area contributed by atoms with Crippen LogP contribution in [0, 0.1) is 0 Å². The van der Waals surface area contributed by atoms with Gasteiger partial charge in [-0.1, -0.05) is 37.9 Å². The first-order valence-electron chi connectivity index (χ1n) is 4.48. The van der Waals surface area contributed by atoms with Crippen LogP contribution in [0.15, 0.2) is 18.3 Å². The smallest absolute Gasteiger partial charge is 0.0447 e. The van der Waals surface area contributed by atoms with Crippen LogP contribution in [0.5, 0.6) is 0 Å². The lowest BCUT2D eigenvalue weighted by Crippen LogP contribution is -2.14. The molecule has 0 bridgehead atoms. The summed E-state index contributed by atoms with van der Waals surface area (Å²) in [4.78, 5) is 5.50. The highest BCUT2D eigenvalue weighted by Crippen LogP contribution is 2.27. The van der Waals surface area contributed by atoms with Gasteiger partial charge in [-0.3, -0.25) is 4.98 Å². The van der Waals surface area contributed by atoms with Crippen LogP contribution in [0.25, 0.3) is 0 Å². The maximum Gasteiger partial charge on any atom is 0.0447 e. The predicted molar refractivity (Wildman–Crippen MR) is 61.7 cm³/mol. The van der Waals surface area contributed by atoms with Gasteiger partial charge in [-0.25, -0.2) is 0 Å². The van der Waals surface area contributed by atoms with E-state index in [0.717, 1.165) is 12.8 Å². The summed E-state index contributed by atoms with van der Waals surface area (Å²) >= 11 is 7.37. The first-order valence-corrected chi connectivity index (χ1v) is 6.31. The second-order valence-electron chi connectivity index (χ2n) is 3.38. The van der Waals surface area contributed by atoms with Crippen LogP contribution in [-0.4, -0.2) is 14.6 Å². The third-order valence-electron chi connectivity index (χ3n) is 2.45. The Morgan fingerprint density at radius 1 is 1.31 bits per heavy atom. The number of pyridine rings is 1. The first-order chi connectivity index (χ1) is 6.27. The average molecular weight is 305 g/mol. The highest BCUT2D eigenvalue weighted by atomic mass is 79.9. The van der Waals surface area contributed by atoms with Crippen molar-refractivity contribution in [2.75, 3.05) is 0 Å². The predicted octanol–water partition coefficient (Wildman–Crippen LogP) is 3.10. The topological polar surface area (TPSA) is 12.9 Å². The van der Waals surface area contributed by atoms with Crippen molar-refractivity contribution in [1.29, 1.82) is 0 Å². The molecule has 1 nitrogen and oxygen atoms in total. The fourth-order valence-corrected chi connectivity index (χ4v) is 2.66. The van der Waals surface area contributed by atoms with Crippen LogP contribution >= 0.6 is 31.9 Å². The Balaban J connectivity index is 2.29. The highest BCUT2D eigenvalue weighted by molar-refractivity contribution is 9.12. The normalized spacial score (nSPS) is 27.8. The van der Waals surface area contributed by atoms with Gasteiger partial charge in [0.15, 0.2) is 0 Å². The molecule has 2 unspecified atom stereocenters. The molecule has 1 aliphatic carbocycles. The van der Waals surface area contributed by atoms with E-state index in [0.29, 0.717) is 9.65 Å². The van der Waals surface area contributed by atoms with E-state index in [9.17, 15) is 0 Å². The molecule has 2 rings (SSSR count). The maximum atomic E-state index is 4.41. The molecule has 0 aliphatic heterocycles. The van der Waals surface area contributed by atoms with Crippen LogP contribution in [0.4, 0.5) is 0 Å². The van der Waals surface area contributed by atoms with Gasteiger partial charge in [-0.15, -0.1) is 0 Å². The third kappa shape index (κ3) is 2.13. The summed E-state index contributed by atoms with van der Waals surface area (Å²) in [7, 11) is 0. The van der Waals surface area contributed by atoms with Crippen LogP contribution < -0.4 is 0 Å². The minimum absolute atomic E-state index is 0.517. The van der Waals surface area contributed by atoms with Crippen molar-refractivity contribution >= 4 is 31.9 Å². The monoisotopic (exact) mass is 303 g/mol. The highest BCUT2D eigenvalue weighted by Gasteiger charge is 2.22. The zero-order valence-corrected chi connectivity index (χ0v) is 10.4. The average Bonchev–Trinajstić information content (AvgIpc) is 2.28. The molecule has 0 saturated heterocycles. The van der Waals surface area contributed by atoms with E-state index in [2.05, 4.69) is 42.9 Å². The first kappa shape index (κ1) is 9.66. The van der Waals surface area contributed by atoms with Crippen molar-refractivity contribution in [3.05, 3.63) is 29.6 Å². The molecule has 1 aliphatic rings. The Morgan fingerprint density at radius 2 is 2.15 bits per heavy atom. The quantitative estimate of drug-likeness (QED) is 0.530. The second-order valence-corrected chi connectivity index (χ2v) is 5.74. The lowest BCUT2D eigenvalue weighted by Gasteiger charge is -2.11.